The Labute approximate surface area is 116 Å². The number of hydrogen-bond donors (Lipinski definition) is 1. The van der Waals surface area contributed by atoms with Crippen molar-refractivity contribution >= 4 is 15.9 Å². The fourth-order valence-electron chi connectivity index (χ4n) is 1.68. The highest BCUT2D eigenvalue weighted by Crippen LogP contribution is 2.17. The summed E-state index contributed by atoms with van der Waals surface area (Å²) in [5.74, 6) is 0. The Kier molecular flexibility index (Phi) is 5.75. The molecule has 0 amide bonds. The molecule has 1 heterocycles. The summed E-state index contributed by atoms with van der Waals surface area (Å²) in [6.07, 6.45) is 1.09. The summed E-state index contributed by atoms with van der Waals surface area (Å²) >= 11 is 3.45. The first kappa shape index (κ1) is 15.1. The maximum atomic E-state index is 11.8. The summed E-state index contributed by atoms with van der Waals surface area (Å²) in [6, 6.07) is 0. The van der Waals surface area contributed by atoms with Crippen LogP contribution in [0.3, 0.4) is 0 Å². The molecular formula is C13H20BrN3O. The van der Waals surface area contributed by atoms with Gasteiger partial charge in [-0.2, -0.15) is 4.98 Å². The molecule has 0 unspecified atom stereocenters. The van der Waals surface area contributed by atoms with Crippen LogP contribution in [0.1, 0.15) is 24.7 Å². The lowest BCUT2D eigenvalue weighted by molar-refractivity contribution is 0.637. The minimum atomic E-state index is -0.218. The van der Waals surface area contributed by atoms with Crippen LogP contribution in [0, 0.1) is 13.8 Å². The van der Waals surface area contributed by atoms with Crippen molar-refractivity contribution in [3.63, 3.8) is 0 Å². The van der Waals surface area contributed by atoms with Crippen molar-refractivity contribution in [2.75, 3.05) is 13.1 Å². The largest absolute Gasteiger partial charge is 0.348 e. The highest BCUT2D eigenvalue weighted by molar-refractivity contribution is 9.10. The molecule has 18 heavy (non-hydrogen) atoms. The molecule has 1 aromatic rings. The normalized spacial score (nSPS) is 10.7. The minimum Gasteiger partial charge on any atom is -0.313 e. The van der Waals surface area contributed by atoms with Crippen LogP contribution in [0.5, 0.6) is 0 Å². The zero-order chi connectivity index (χ0) is 13.7. The van der Waals surface area contributed by atoms with Crippen molar-refractivity contribution in [3.8, 4) is 0 Å². The maximum Gasteiger partial charge on any atom is 0.348 e. The van der Waals surface area contributed by atoms with Gasteiger partial charge in [-0.1, -0.05) is 13.5 Å². The summed E-state index contributed by atoms with van der Waals surface area (Å²) in [5, 5.41) is 3.27. The zero-order valence-corrected chi connectivity index (χ0v) is 12.8. The Bertz CT molecular complexity index is 494. The average Bonchev–Trinajstić information content (AvgIpc) is 2.32. The Hall–Kier alpha value is -0.940. The Morgan fingerprint density at radius 3 is 2.78 bits per heavy atom. The molecule has 0 aliphatic heterocycles. The summed E-state index contributed by atoms with van der Waals surface area (Å²) in [6.45, 7) is 12.0. The molecule has 5 heteroatoms. The van der Waals surface area contributed by atoms with Gasteiger partial charge in [0.1, 0.15) is 0 Å². The number of rotatable bonds is 6. The second-order valence-electron chi connectivity index (χ2n) is 4.39. The predicted octanol–water partition coefficient (Wildman–Crippen LogP) is 2.18. The van der Waals surface area contributed by atoms with Gasteiger partial charge < -0.3 is 5.32 Å². The number of nitrogens with one attached hydrogen (secondary N) is 1. The van der Waals surface area contributed by atoms with E-state index in [1.54, 1.807) is 4.57 Å². The minimum absolute atomic E-state index is 0.218. The standard InChI is InChI=1S/C13H20BrN3O/c1-5-6-15-7-9(2)8-17-11(4)12(14)10(3)16-13(17)18/h15H,2,5-8H2,1,3-4H3. The number of nitrogens with zero attached hydrogens (tertiary/aromatic N) is 2. The lowest BCUT2D eigenvalue weighted by Crippen LogP contribution is -2.29. The highest BCUT2D eigenvalue weighted by atomic mass is 79.9. The zero-order valence-electron chi connectivity index (χ0n) is 11.2. The summed E-state index contributed by atoms with van der Waals surface area (Å²) in [7, 11) is 0. The topological polar surface area (TPSA) is 46.9 Å². The molecule has 0 spiro atoms. The van der Waals surface area contributed by atoms with Crippen molar-refractivity contribution in [3.05, 3.63) is 38.5 Å². The fraction of sp³-hybridized carbons (Fsp3) is 0.538. The van der Waals surface area contributed by atoms with E-state index in [2.05, 4.69) is 39.7 Å². The number of hydrogen-bond acceptors (Lipinski definition) is 3. The molecule has 0 aliphatic carbocycles. The monoisotopic (exact) mass is 313 g/mol. The van der Waals surface area contributed by atoms with E-state index in [0.717, 1.165) is 40.9 Å². The van der Waals surface area contributed by atoms with Crippen LogP contribution in [-0.4, -0.2) is 22.6 Å². The quantitative estimate of drug-likeness (QED) is 0.647. The van der Waals surface area contributed by atoms with E-state index in [9.17, 15) is 4.79 Å². The molecule has 100 valence electrons. The van der Waals surface area contributed by atoms with Crippen molar-refractivity contribution in [2.24, 2.45) is 0 Å². The Morgan fingerprint density at radius 2 is 2.17 bits per heavy atom. The first-order chi connectivity index (χ1) is 8.47. The molecular weight excluding hydrogens is 294 g/mol. The maximum absolute atomic E-state index is 11.8. The molecule has 0 atom stereocenters. The van der Waals surface area contributed by atoms with Gasteiger partial charge in [0.2, 0.25) is 0 Å². The lowest BCUT2D eigenvalue weighted by Gasteiger charge is -2.14. The van der Waals surface area contributed by atoms with E-state index in [0.29, 0.717) is 6.54 Å². The fourth-order valence-corrected chi connectivity index (χ4v) is 1.99. The van der Waals surface area contributed by atoms with Crippen LogP contribution in [-0.2, 0) is 6.54 Å². The first-order valence-electron chi connectivity index (χ1n) is 6.08. The van der Waals surface area contributed by atoms with Crippen LogP contribution in [0.2, 0.25) is 0 Å². The van der Waals surface area contributed by atoms with Crippen LogP contribution >= 0.6 is 15.9 Å². The van der Waals surface area contributed by atoms with Gasteiger partial charge in [0.05, 0.1) is 10.2 Å². The third-order valence-electron chi connectivity index (χ3n) is 2.72. The van der Waals surface area contributed by atoms with Crippen LogP contribution in [0.25, 0.3) is 0 Å². The lowest BCUT2D eigenvalue weighted by atomic mass is 10.2. The summed E-state index contributed by atoms with van der Waals surface area (Å²) in [5.41, 5.74) is 2.38. The van der Waals surface area contributed by atoms with Gasteiger partial charge in [-0.15, -0.1) is 0 Å². The van der Waals surface area contributed by atoms with Gasteiger partial charge in [-0.25, -0.2) is 4.79 Å². The number of aromatic nitrogens is 2. The third kappa shape index (κ3) is 3.78. The predicted molar refractivity (Wildman–Crippen MR) is 78.0 cm³/mol. The molecule has 0 aliphatic rings. The smallest absolute Gasteiger partial charge is 0.313 e. The van der Waals surface area contributed by atoms with E-state index in [-0.39, 0.29) is 5.69 Å². The van der Waals surface area contributed by atoms with Gasteiger partial charge >= 0.3 is 5.69 Å². The van der Waals surface area contributed by atoms with Crippen LogP contribution in [0.4, 0.5) is 0 Å². The summed E-state index contributed by atoms with van der Waals surface area (Å²) < 4.78 is 2.53. The second-order valence-corrected chi connectivity index (χ2v) is 5.19. The van der Waals surface area contributed by atoms with E-state index < -0.39 is 0 Å². The molecule has 0 bridgehead atoms. The Morgan fingerprint density at radius 1 is 1.50 bits per heavy atom. The van der Waals surface area contributed by atoms with Crippen LogP contribution in [0.15, 0.2) is 21.4 Å². The Balaban J connectivity index is 2.82. The number of aryl methyl sites for hydroxylation is 1. The van der Waals surface area contributed by atoms with Gasteiger partial charge in [-0.3, -0.25) is 4.57 Å². The van der Waals surface area contributed by atoms with Gasteiger partial charge in [0.15, 0.2) is 0 Å². The highest BCUT2D eigenvalue weighted by Gasteiger charge is 2.09. The van der Waals surface area contributed by atoms with Gasteiger partial charge in [0.25, 0.3) is 0 Å². The van der Waals surface area contributed by atoms with Crippen molar-refractivity contribution in [1.29, 1.82) is 0 Å². The molecule has 0 fully saturated rings. The molecule has 0 saturated heterocycles. The molecule has 1 N–H and O–H groups in total. The van der Waals surface area contributed by atoms with E-state index in [1.165, 1.54) is 0 Å². The van der Waals surface area contributed by atoms with Crippen LogP contribution < -0.4 is 11.0 Å². The van der Waals surface area contributed by atoms with E-state index >= 15 is 0 Å². The first-order valence-corrected chi connectivity index (χ1v) is 6.87. The van der Waals surface area contributed by atoms with Gasteiger partial charge in [0, 0.05) is 18.8 Å². The SMILES string of the molecule is C=C(CNCCC)Cn1c(C)c(Br)c(C)nc1=O. The average molecular weight is 314 g/mol. The molecule has 0 aromatic carbocycles. The van der Waals surface area contributed by atoms with Crippen molar-refractivity contribution < 1.29 is 0 Å². The second kappa shape index (κ2) is 6.85. The molecule has 0 saturated carbocycles. The van der Waals surface area contributed by atoms with E-state index in [1.807, 2.05) is 13.8 Å². The third-order valence-corrected chi connectivity index (χ3v) is 3.87. The molecule has 4 nitrogen and oxygen atoms in total. The van der Waals surface area contributed by atoms with Crippen molar-refractivity contribution in [2.45, 2.75) is 33.7 Å². The van der Waals surface area contributed by atoms with Crippen molar-refractivity contribution in [1.82, 2.24) is 14.9 Å². The van der Waals surface area contributed by atoms with E-state index in [4.69, 9.17) is 0 Å². The molecule has 1 aromatic heterocycles. The summed E-state index contributed by atoms with van der Waals surface area (Å²) in [4.78, 5) is 15.8. The number of halogens is 1. The molecule has 0 radical (unpaired) electrons. The molecule has 1 rings (SSSR count). The van der Waals surface area contributed by atoms with Gasteiger partial charge in [-0.05, 0) is 48.3 Å².